The molecule has 10 heteroatoms. The van der Waals surface area contributed by atoms with Crippen molar-refractivity contribution in [3.05, 3.63) is 29.7 Å². The van der Waals surface area contributed by atoms with E-state index < -0.39 is 12.0 Å². The minimum absolute atomic E-state index is 0.0415. The largest absolute Gasteiger partial charge is 0.481 e. The number of hydrogen-bond donors (Lipinski definition) is 3. The van der Waals surface area contributed by atoms with Crippen LogP contribution in [-0.4, -0.2) is 39.1 Å². The van der Waals surface area contributed by atoms with E-state index in [9.17, 15) is 14.4 Å². The van der Waals surface area contributed by atoms with E-state index in [1.807, 2.05) is 6.26 Å². The second-order valence-corrected chi connectivity index (χ2v) is 8.43. The van der Waals surface area contributed by atoms with E-state index in [1.165, 1.54) is 29.3 Å². The fourth-order valence-corrected chi connectivity index (χ4v) is 4.77. The summed E-state index contributed by atoms with van der Waals surface area (Å²) in [6.45, 7) is 0. The normalized spacial score (nSPS) is 14.0. The Kier molecular flexibility index (Phi) is 6.63. The van der Waals surface area contributed by atoms with Gasteiger partial charge in [0.05, 0.1) is 22.0 Å². The number of rotatable bonds is 7. The first kappa shape index (κ1) is 20.3. The van der Waals surface area contributed by atoms with Crippen LogP contribution >= 0.6 is 23.1 Å². The maximum Gasteiger partial charge on any atom is 0.325 e. The number of hydrogen-bond acceptors (Lipinski definition) is 7. The molecule has 1 aliphatic rings. The molecule has 0 spiro atoms. The van der Waals surface area contributed by atoms with Crippen molar-refractivity contribution in [2.45, 2.75) is 36.3 Å². The minimum Gasteiger partial charge on any atom is -0.481 e. The van der Waals surface area contributed by atoms with Crippen LogP contribution in [0.15, 0.2) is 22.5 Å². The van der Waals surface area contributed by atoms with Gasteiger partial charge >= 0.3 is 12.0 Å². The van der Waals surface area contributed by atoms with Gasteiger partial charge in [-0.1, -0.05) is 24.2 Å². The quantitative estimate of drug-likeness (QED) is 0.459. The van der Waals surface area contributed by atoms with Gasteiger partial charge in [0.2, 0.25) is 0 Å². The molecule has 0 aliphatic heterocycles. The van der Waals surface area contributed by atoms with Gasteiger partial charge in [0.1, 0.15) is 5.69 Å². The zero-order valence-electron chi connectivity index (χ0n) is 15.2. The molecule has 0 bridgehead atoms. The van der Waals surface area contributed by atoms with Gasteiger partial charge in [0, 0.05) is 12.1 Å². The summed E-state index contributed by atoms with van der Waals surface area (Å²) in [4.78, 5) is 44.4. The molecule has 0 unspecified atom stereocenters. The van der Waals surface area contributed by atoms with Crippen LogP contribution in [0.4, 0.5) is 15.6 Å². The fourth-order valence-electron chi connectivity index (χ4n) is 3.14. The maximum absolute atomic E-state index is 12.7. The third kappa shape index (κ3) is 4.87. The first-order valence-corrected chi connectivity index (χ1v) is 10.8. The molecule has 0 aromatic carbocycles. The lowest BCUT2D eigenvalue weighted by Crippen LogP contribution is -2.23. The molecule has 0 radical (unpaired) electrons. The maximum atomic E-state index is 12.7. The number of ketones is 1. The Hall–Kier alpha value is -2.46. The average molecular weight is 421 g/mol. The molecule has 2 aromatic heterocycles. The Balaban J connectivity index is 1.71. The van der Waals surface area contributed by atoms with Crippen molar-refractivity contribution in [3.8, 4) is 0 Å². The molecule has 148 valence electrons. The molecular weight excluding hydrogens is 400 g/mol. The molecule has 2 amide bonds. The van der Waals surface area contributed by atoms with E-state index >= 15 is 0 Å². The number of urea groups is 1. The smallest absolute Gasteiger partial charge is 0.325 e. The molecule has 1 aliphatic carbocycles. The van der Waals surface area contributed by atoms with Gasteiger partial charge in [-0.2, -0.15) is 0 Å². The van der Waals surface area contributed by atoms with E-state index in [1.54, 1.807) is 12.1 Å². The van der Waals surface area contributed by atoms with Crippen LogP contribution in [-0.2, 0) is 11.2 Å². The predicted octanol–water partition coefficient (Wildman–Crippen LogP) is 3.90. The zero-order chi connectivity index (χ0) is 20.1. The Bertz CT molecular complexity index is 893. The Morgan fingerprint density at radius 1 is 1.29 bits per heavy atom. The first-order chi connectivity index (χ1) is 13.5. The van der Waals surface area contributed by atoms with Crippen molar-refractivity contribution in [1.29, 1.82) is 0 Å². The summed E-state index contributed by atoms with van der Waals surface area (Å²) >= 11 is 2.58. The van der Waals surface area contributed by atoms with Gasteiger partial charge in [0.25, 0.3) is 0 Å². The van der Waals surface area contributed by atoms with Crippen LogP contribution in [0, 0.1) is 5.92 Å². The molecule has 1 fully saturated rings. The van der Waals surface area contributed by atoms with Crippen molar-refractivity contribution in [2.24, 2.45) is 5.92 Å². The second-order valence-electron chi connectivity index (χ2n) is 6.35. The number of aromatic nitrogens is 2. The summed E-state index contributed by atoms with van der Waals surface area (Å²) in [6, 6.07) is 2.73. The second kappa shape index (κ2) is 9.16. The number of carbonyl (C=O) groups excluding carboxylic acids is 2. The molecule has 1 saturated carbocycles. The summed E-state index contributed by atoms with van der Waals surface area (Å²) in [5, 5.41) is 14.5. The van der Waals surface area contributed by atoms with Crippen molar-refractivity contribution < 1.29 is 19.5 Å². The number of thiazole rings is 1. The number of aliphatic carboxylic acids is 1. The number of amides is 2. The van der Waals surface area contributed by atoms with Crippen LogP contribution in [0.25, 0.3) is 0 Å². The van der Waals surface area contributed by atoms with Gasteiger partial charge in [-0.25, -0.2) is 9.78 Å². The zero-order valence-corrected chi connectivity index (χ0v) is 16.9. The number of pyridine rings is 1. The summed E-state index contributed by atoms with van der Waals surface area (Å²) in [6.07, 6.45) is 6.92. The topological polar surface area (TPSA) is 121 Å². The molecule has 2 aromatic rings. The van der Waals surface area contributed by atoms with Crippen molar-refractivity contribution in [1.82, 2.24) is 9.97 Å². The minimum atomic E-state index is -0.984. The van der Waals surface area contributed by atoms with Gasteiger partial charge in [-0.15, -0.1) is 11.8 Å². The molecule has 2 heterocycles. The van der Waals surface area contributed by atoms with Crippen molar-refractivity contribution in [3.63, 3.8) is 0 Å². The lowest BCUT2D eigenvalue weighted by molar-refractivity contribution is -0.136. The van der Waals surface area contributed by atoms with Crippen LogP contribution in [0.3, 0.4) is 0 Å². The van der Waals surface area contributed by atoms with E-state index in [4.69, 9.17) is 5.11 Å². The number of nitrogens with one attached hydrogen (secondary N) is 2. The number of carboxylic acids is 1. The van der Waals surface area contributed by atoms with Gasteiger partial charge < -0.3 is 10.4 Å². The highest BCUT2D eigenvalue weighted by atomic mass is 32.2. The predicted molar refractivity (Wildman–Crippen MR) is 108 cm³/mol. The molecule has 0 atom stereocenters. The summed E-state index contributed by atoms with van der Waals surface area (Å²) < 4.78 is 0.733. The average Bonchev–Trinajstić information content (AvgIpc) is 3.31. The van der Waals surface area contributed by atoms with Gasteiger partial charge in [0.15, 0.2) is 10.9 Å². The molecule has 0 saturated heterocycles. The van der Waals surface area contributed by atoms with E-state index in [2.05, 4.69) is 20.6 Å². The molecule has 28 heavy (non-hydrogen) atoms. The summed E-state index contributed by atoms with van der Waals surface area (Å²) in [7, 11) is 0. The highest BCUT2D eigenvalue weighted by Gasteiger charge is 2.27. The first-order valence-electron chi connectivity index (χ1n) is 8.80. The number of anilines is 2. The van der Waals surface area contributed by atoms with E-state index in [-0.39, 0.29) is 23.8 Å². The number of nitrogens with zero attached hydrogens (tertiary/aromatic N) is 2. The van der Waals surface area contributed by atoms with Crippen molar-refractivity contribution in [2.75, 3.05) is 16.9 Å². The Morgan fingerprint density at radius 3 is 2.71 bits per heavy atom. The highest BCUT2D eigenvalue weighted by Crippen LogP contribution is 2.32. The standard InChI is InChI=1S/C18H20N4O4S2/c1-27-16-12(9-13(23)24)21-18(28-16)22-17(26)20-11-7-4-8-19-14(11)15(25)10-5-2-3-6-10/h4,7-8,10H,2-3,5-6,9H2,1H3,(H,23,24)(H2,20,21,22,26). The third-order valence-corrected chi connectivity index (χ3v) is 6.57. The third-order valence-electron chi connectivity index (χ3n) is 4.40. The lowest BCUT2D eigenvalue weighted by Gasteiger charge is -2.12. The van der Waals surface area contributed by atoms with E-state index in [0.29, 0.717) is 16.5 Å². The van der Waals surface area contributed by atoms with Gasteiger partial charge in [-0.05, 0) is 31.2 Å². The Morgan fingerprint density at radius 2 is 2.04 bits per heavy atom. The lowest BCUT2D eigenvalue weighted by atomic mass is 9.99. The molecule has 8 nitrogen and oxygen atoms in total. The summed E-state index contributed by atoms with van der Waals surface area (Å²) in [5.41, 5.74) is 1.03. The molecular formula is C18H20N4O4S2. The van der Waals surface area contributed by atoms with E-state index in [0.717, 1.165) is 29.9 Å². The van der Waals surface area contributed by atoms with Crippen LogP contribution in [0.1, 0.15) is 41.9 Å². The monoisotopic (exact) mass is 420 g/mol. The summed E-state index contributed by atoms with van der Waals surface area (Å²) in [5.74, 6) is -1.07. The van der Waals surface area contributed by atoms with Crippen LogP contribution in [0.5, 0.6) is 0 Å². The number of carbonyl (C=O) groups is 3. The van der Waals surface area contributed by atoms with Crippen LogP contribution < -0.4 is 10.6 Å². The number of thioether (sulfide) groups is 1. The highest BCUT2D eigenvalue weighted by molar-refractivity contribution is 8.00. The SMILES string of the molecule is CSc1sc(NC(=O)Nc2cccnc2C(=O)C2CCCC2)nc1CC(=O)O. The Labute approximate surface area is 170 Å². The number of carboxylic acid groups (broad SMARTS) is 1. The molecule has 3 N–H and O–H groups in total. The van der Waals surface area contributed by atoms with Crippen LogP contribution in [0.2, 0.25) is 0 Å². The van der Waals surface area contributed by atoms with Crippen molar-refractivity contribution >= 4 is 51.7 Å². The number of Topliss-reactive ketones (excluding diaryl/α,β-unsaturated/α-hetero) is 1. The van der Waals surface area contributed by atoms with Gasteiger partial charge in [-0.3, -0.25) is 19.9 Å². The molecule has 3 rings (SSSR count). The fraction of sp³-hybridized carbons (Fsp3) is 0.389.